The minimum absolute atomic E-state index is 0.111. The fourth-order valence-electron chi connectivity index (χ4n) is 1.60. The maximum atomic E-state index is 12.1. The van der Waals surface area contributed by atoms with Gasteiger partial charge in [-0.05, 0) is 11.4 Å². The fourth-order valence-corrected chi connectivity index (χ4v) is 2.32. The molecule has 0 amide bonds. The Morgan fingerprint density at radius 2 is 2.39 bits per heavy atom. The summed E-state index contributed by atoms with van der Waals surface area (Å²) in [6, 6.07) is 1.76. The van der Waals surface area contributed by atoms with Crippen LogP contribution in [0.2, 0.25) is 0 Å². The monoisotopic (exact) mass is 263 g/mol. The predicted molar refractivity (Wildman–Crippen MR) is 65.2 cm³/mol. The van der Waals surface area contributed by atoms with E-state index in [4.69, 9.17) is 10.3 Å². The molecule has 0 aliphatic rings. The first-order valence-corrected chi connectivity index (χ1v) is 6.10. The topological polar surface area (TPSA) is 99.8 Å². The van der Waals surface area contributed by atoms with Gasteiger partial charge in [0.05, 0.1) is 24.8 Å². The van der Waals surface area contributed by atoms with Gasteiger partial charge in [-0.15, -0.1) is 11.3 Å². The first-order chi connectivity index (χ1) is 8.78. The first kappa shape index (κ1) is 11.1. The Hall–Kier alpha value is -2.06. The normalized spacial score (nSPS) is 11.2. The highest BCUT2D eigenvalue weighted by Crippen LogP contribution is 2.13. The van der Waals surface area contributed by atoms with Gasteiger partial charge in [0.1, 0.15) is 4.83 Å². The molecule has 0 atom stereocenters. The van der Waals surface area contributed by atoms with E-state index in [9.17, 15) is 4.79 Å². The number of nitrogens with zero attached hydrogens (tertiary/aromatic N) is 4. The van der Waals surface area contributed by atoms with Crippen molar-refractivity contribution in [2.24, 2.45) is 5.73 Å². The Labute approximate surface area is 105 Å². The minimum Gasteiger partial charge on any atom is -0.338 e. The molecule has 0 fully saturated rings. The van der Waals surface area contributed by atoms with Gasteiger partial charge in [0.15, 0.2) is 5.82 Å². The second kappa shape index (κ2) is 4.31. The van der Waals surface area contributed by atoms with Crippen LogP contribution in [-0.2, 0) is 13.1 Å². The van der Waals surface area contributed by atoms with Gasteiger partial charge < -0.3 is 10.3 Å². The summed E-state index contributed by atoms with van der Waals surface area (Å²) < 4.78 is 6.32. The van der Waals surface area contributed by atoms with Crippen LogP contribution < -0.4 is 11.3 Å². The van der Waals surface area contributed by atoms with Gasteiger partial charge in [-0.3, -0.25) is 9.36 Å². The molecule has 0 aliphatic carbocycles. The van der Waals surface area contributed by atoms with E-state index in [0.717, 1.165) is 4.83 Å². The maximum absolute atomic E-state index is 12.1. The average molecular weight is 263 g/mol. The third-order valence-corrected chi connectivity index (χ3v) is 3.27. The zero-order chi connectivity index (χ0) is 12.5. The molecule has 3 heterocycles. The lowest BCUT2D eigenvalue weighted by Crippen LogP contribution is -2.21. The second-order valence-corrected chi connectivity index (χ2v) is 4.52. The minimum atomic E-state index is -0.111. The van der Waals surface area contributed by atoms with E-state index >= 15 is 0 Å². The van der Waals surface area contributed by atoms with Crippen LogP contribution in [0.3, 0.4) is 0 Å². The summed E-state index contributed by atoms with van der Waals surface area (Å²) in [6.07, 6.45) is 1.49. The SMILES string of the molecule is NCc1nc(Cn2cnc3sccc3c2=O)no1. The smallest absolute Gasteiger partial charge is 0.262 e. The molecule has 0 aromatic carbocycles. The second-order valence-electron chi connectivity index (χ2n) is 3.63. The van der Waals surface area contributed by atoms with Crippen molar-refractivity contribution >= 4 is 21.6 Å². The predicted octanol–water partition coefficient (Wildman–Crippen LogP) is 0.348. The largest absolute Gasteiger partial charge is 0.338 e. The third-order valence-electron chi connectivity index (χ3n) is 2.45. The lowest BCUT2D eigenvalue weighted by atomic mass is 10.4. The molecule has 3 rings (SSSR count). The van der Waals surface area contributed by atoms with Crippen LogP contribution in [0.1, 0.15) is 11.7 Å². The van der Waals surface area contributed by atoms with Crippen molar-refractivity contribution in [2.45, 2.75) is 13.1 Å². The molecule has 0 spiro atoms. The van der Waals surface area contributed by atoms with Crippen molar-refractivity contribution in [3.05, 3.63) is 39.8 Å². The Morgan fingerprint density at radius 3 is 3.17 bits per heavy atom. The third kappa shape index (κ3) is 1.81. The van der Waals surface area contributed by atoms with E-state index in [0.29, 0.717) is 17.1 Å². The Morgan fingerprint density at radius 1 is 1.50 bits per heavy atom. The standard InChI is InChI=1S/C10H9N5O2S/c11-3-8-13-7(14-17-8)4-15-5-12-9-6(10(15)16)1-2-18-9/h1-2,5H,3-4,11H2. The van der Waals surface area contributed by atoms with Gasteiger partial charge in [-0.2, -0.15) is 4.98 Å². The summed E-state index contributed by atoms with van der Waals surface area (Å²) in [5.41, 5.74) is 5.26. The van der Waals surface area contributed by atoms with Gasteiger partial charge in [0, 0.05) is 0 Å². The number of hydrogen-bond acceptors (Lipinski definition) is 7. The molecule has 92 valence electrons. The highest BCUT2D eigenvalue weighted by Gasteiger charge is 2.09. The fraction of sp³-hybridized carbons (Fsp3) is 0.200. The van der Waals surface area contributed by atoms with Gasteiger partial charge in [-0.25, -0.2) is 4.98 Å². The molecule has 0 aliphatic heterocycles. The van der Waals surface area contributed by atoms with Crippen molar-refractivity contribution in [3.63, 3.8) is 0 Å². The molecular formula is C10H9N5O2S. The first-order valence-electron chi connectivity index (χ1n) is 5.22. The van der Waals surface area contributed by atoms with Crippen LogP contribution >= 0.6 is 11.3 Å². The highest BCUT2D eigenvalue weighted by molar-refractivity contribution is 7.16. The van der Waals surface area contributed by atoms with E-state index in [1.807, 2.05) is 5.38 Å². The maximum Gasteiger partial charge on any atom is 0.262 e. The summed E-state index contributed by atoms with van der Waals surface area (Å²) in [5.74, 6) is 0.761. The molecule has 0 saturated carbocycles. The van der Waals surface area contributed by atoms with E-state index in [1.165, 1.54) is 22.2 Å². The quantitative estimate of drug-likeness (QED) is 0.731. The van der Waals surface area contributed by atoms with Crippen LogP contribution in [0.4, 0.5) is 0 Å². The number of fused-ring (bicyclic) bond motifs is 1. The van der Waals surface area contributed by atoms with Gasteiger partial charge >= 0.3 is 0 Å². The zero-order valence-electron chi connectivity index (χ0n) is 9.24. The zero-order valence-corrected chi connectivity index (χ0v) is 10.1. The van der Waals surface area contributed by atoms with Crippen molar-refractivity contribution in [2.75, 3.05) is 0 Å². The van der Waals surface area contributed by atoms with Crippen LogP contribution in [0.5, 0.6) is 0 Å². The summed E-state index contributed by atoms with van der Waals surface area (Å²) in [5, 5.41) is 6.18. The Balaban J connectivity index is 1.99. The molecule has 7 nitrogen and oxygen atoms in total. The number of nitrogens with two attached hydrogens (primary N) is 1. The molecule has 2 N–H and O–H groups in total. The molecule has 18 heavy (non-hydrogen) atoms. The molecule has 0 bridgehead atoms. The summed E-state index contributed by atoms with van der Waals surface area (Å²) in [6.45, 7) is 0.408. The Bertz CT molecular complexity index is 744. The van der Waals surface area contributed by atoms with Crippen molar-refractivity contribution in [1.82, 2.24) is 19.7 Å². The molecule has 3 aromatic rings. The molecular weight excluding hydrogens is 254 g/mol. The van der Waals surface area contributed by atoms with E-state index < -0.39 is 0 Å². The Kier molecular flexibility index (Phi) is 2.65. The van der Waals surface area contributed by atoms with E-state index in [-0.39, 0.29) is 18.6 Å². The molecule has 3 aromatic heterocycles. The van der Waals surface area contributed by atoms with Gasteiger partial charge in [0.2, 0.25) is 5.89 Å². The van der Waals surface area contributed by atoms with Crippen LogP contribution in [0, 0.1) is 0 Å². The van der Waals surface area contributed by atoms with Crippen LogP contribution in [-0.4, -0.2) is 19.7 Å². The van der Waals surface area contributed by atoms with E-state index in [1.54, 1.807) is 6.07 Å². The van der Waals surface area contributed by atoms with E-state index in [2.05, 4.69) is 15.1 Å². The number of rotatable bonds is 3. The summed E-state index contributed by atoms with van der Waals surface area (Å²) in [7, 11) is 0. The van der Waals surface area contributed by atoms with Crippen molar-refractivity contribution in [3.8, 4) is 0 Å². The lowest BCUT2D eigenvalue weighted by Gasteiger charge is -2.00. The molecule has 0 unspecified atom stereocenters. The van der Waals surface area contributed by atoms with Crippen molar-refractivity contribution in [1.29, 1.82) is 0 Å². The van der Waals surface area contributed by atoms with Gasteiger partial charge in [0.25, 0.3) is 5.56 Å². The average Bonchev–Trinajstić information content (AvgIpc) is 3.01. The summed E-state index contributed by atoms with van der Waals surface area (Å²) >= 11 is 1.43. The number of hydrogen-bond donors (Lipinski definition) is 1. The highest BCUT2D eigenvalue weighted by atomic mass is 32.1. The summed E-state index contributed by atoms with van der Waals surface area (Å²) in [4.78, 5) is 21.1. The van der Waals surface area contributed by atoms with Crippen LogP contribution in [0.25, 0.3) is 10.2 Å². The van der Waals surface area contributed by atoms with Crippen LogP contribution in [0.15, 0.2) is 27.1 Å². The van der Waals surface area contributed by atoms with Gasteiger partial charge in [-0.1, -0.05) is 5.16 Å². The molecule has 0 saturated heterocycles. The molecule has 8 heteroatoms. The number of aromatic nitrogens is 4. The lowest BCUT2D eigenvalue weighted by molar-refractivity contribution is 0.373. The molecule has 0 radical (unpaired) electrons. The van der Waals surface area contributed by atoms with Crippen molar-refractivity contribution < 1.29 is 4.52 Å². The number of thiophene rings is 1.